The standard InChI is InChI=1S/C11H10BrNO2S/c1-2-15-11(14)9-4-8(16)3-7(6-13)10(9)5-12/h3-4,16H,2,5H2,1H3. The average Bonchev–Trinajstić information content (AvgIpc) is 2.28. The summed E-state index contributed by atoms with van der Waals surface area (Å²) in [5, 5.41) is 9.38. The predicted octanol–water partition coefficient (Wildman–Crippen LogP) is 2.92. The van der Waals surface area contributed by atoms with E-state index in [0.29, 0.717) is 33.5 Å². The van der Waals surface area contributed by atoms with Crippen LogP contribution in [0.5, 0.6) is 0 Å². The molecule has 16 heavy (non-hydrogen) atoms. The molecule has 0 fully saturated rings. The topological polar surface area (TPSA) is 50.1 Å². The van der Waals surface area contributed by atoms with Gasteiger partial charge in [0, 0.05) is 10.2 Å². The van der Waals surface area contributed by atoms with Crippen LogP contribution in [-0.4, -0.2) is 12.6 Å². The fourth-order valence-corrected chi connectivity index (χ4v) is 2.15. The molecule has 0 heterocycles. The number of carbonyl (C=O) groups excluding carboxylic acids is 1. The van der Waals surface area contributed by atoms with Gasteiger partial charge in [-0.05, 0) is 24.6 Å². The number of benzene rings is 1. The monoisotopic (exact) mass is 299 g/mol. The largest absolute Gasteiger partial charge is 0.462 e. The van der Waals surface area contributed by atoms with E-state index in [0.717, 1.165) is 0 Å². The molecule has 5 heteroatoms. The Balaban J connectivity index is 3.32. The van der Waals surface area contributed by atoms with Crippen LogP contribution in [-0.2, 0) is 10.1 Å². The van der Waals surface area contributed by atoms with E-state index in [1.807, 2.05) is 6.07 Å². The number of thiol groups is 1. The minimum absolute atomic E-state index is 0.305. The molecule has 0 aliphatic heterocycles. The number of halogens is 1. The Bertz CT molecular complexity index is 454. The minimum atomic E-state index is -0.427. The van der Waals surface area contributed by atoms with Gasteiger partial charge in [0.1, 0.15) is 0 Å². The lowest BCUT2D eigenvalue weighted by Crippen LogP contribution is -2.09. The Hall–Kier alpha value is -0.990. The highest BCUT2D eigenvalue weighted by Crippen LogP contribution is 2.23. The number of hydrogen-bond donors (Lipinski definition) is 1. The molecule has 84 valence electrons. The number of esters is 1. The molecule has 1 rings (SSSR count). The molecule has 0 bridgehead atoms. The van der Waals surface area contributed by atoms with Gasteiger partial charge in [-0.3, -0.25) is 0 Å². The van der Waals surface area contributed by atoms with Crippen LogP contribution in [0.3, 0.4) is 0 Å². The maximum atomic E-state index is 11.7. The van der Waals surface area contributed by atoms with Crippen molar-refractivity contribution in [2.45, 2.75) is 17.1 Å². The van der Waals surface area contributed by atoms with Crippen molar-refractivity contribution in [3.05, 3.63) is 28.8 Å². The molecule has 0 unspecified atom stereocenters. The summed E-state index contributed by atoms with van der Waals surface area (Å²) in [5.41, 5.74) is 1.47. The van der Waals surface area contributed by atoms with Crippen LogP contribution in [0, 0.1) is 11.3 Å². The molecule has 0 saturated carbocycles. The predicted molar refractivity (Wildman–Crippen MR) is 67.0 cm³/mol. The molecule has 0 aromatic heterocycles. The molecular formula is C11H10BrNO2S. The number of rotatable bonds is 3. The number of nitriles is 1. The van der Waals surface area contributed by atoms with Crippen LogP contribution < -0.4 is 0 Å². The Morgan fingerprint density at radius 2 is 2.31 bits per heavy atom. The van der Waals surface area contributed by atoms with Gasteiger partial charge >= 0.3 is 5.97 Å². The summed E-state index contributed by atoms with van der Waals surface area (Å²) in [6.45, 7) is 2.04. The third kappa shape index (κ3) is 2.77. The molecule has 0 spiro atoms. The highest BCUT2D eigenvalue weighted by atomic mass is 79.9. The van der Waals surface area contributed by atoms with Crippen molar-refractivity contribution in [1.82, 2.24) is 0 Å². The third-order valence-corrected chi connectivity index (χ3v) is 2.80. The molecule has 0 aliphatic rings. The molecule has 0 aliphatic carbocycles. The van der Waals surface area contributed by atoms with E-state index >= 15 is 0 Å². The first-order valence-electron chi connectivity index (χ1n) is 4.63. The van der Waals surface area contributed by atoms with Gasteiger partial charge in [-0.25, -0.2) is 4.79 Å². The van der Waals surface area contributed by atoms with E-state index in [1.165, 1.54) is 0 Å². The first kappa shape index (κ1) is 13.1. The third-order valence-electron chi connectivity index (χ3n) is 1.98. The molecule has 1 aromatic rings. The van der Waals surface area contributed by atoms with Gasteiger partial charge in [0.2, 0.25) is 0 Å². The van der Waals surface area contributed by atoms with E-state index in [-0.39, 0.29) is 0 Å². The normalized spacial score (nSPS) is 9.62. The second-order valence-electron chi connectivity index (χ2n) is 2.99. The lowest BCUT2D eigenvalue weighted by molar-refractivity contribution is 0.0525. The fraction of sp³-hybridized carbons (Fsp3) is 0.273. The zero-order valence-electron chi connectivity index (χ0n) is 8.66. The van der Waals surface area contributed by atoms with E-state index in [1.54, 1.807) is 19.1 Å². The first-order chi connectivity index (χ1) is 7.63. The molecule has 0 amide bonds. The number of alkyl halides is 1. The van der Waals surface area contributed by atoms with Gasteiger partial charge in [-0.2, -0.15) is 5.26 Å². The quantitative estimate of drug-likeness (QED) is 0.530. The molecule has 0 radical (unpaired) electrons. The summed E-state index contributed by atoms with van der Waals surface area (Å²) in [7, 11) is 0. The number of ether oxygens (including phenoxy) is 1. The van der Waals surface area contributed by atoms with Crippen molar-refractivity contribution in [1.29, 1.82) is 5.26 Å². The van der Waals surface area contributed by atoms with Crippen molar-refractivity contribution in [3.63, 3.8) is 0 Å². The van der Waals surface area contributed by atoms with Crippen molar-refractivity contribution in [3.8, 4) is 6.07 Å². The van der Waals surface area contributed by atoms with Gasteiger partial charge in [-0.15, -0.1) is 12.6 Å². The van der Waals surface area contributed by atoms with Crippen LogP contribution >= 0.6 is 28.6 Å². The highest BCUT2D eigenvalue weighted by molar-refractivity contribution is 9.08. The summed E-state index contributed by atoms with van der Waals surface area (Å²) in [5.74, 6) is -0.427. The summed E-state index contributed by atoms with van der Waals surface area (Å²) in [6.07, 6.45) is 0. The van der Waals surface area contributed by atoms with Crippen LogP contribution in [0.2, 0.25) is 0 Å². The summed E-state index contributed by atoms with van der Waals surface area (Å²) in [6, 6.07) is 5.28. The van der Waals surface area contributed by atoms with Crippen molar-refractivity contribution in [2.24, 2.45) is 0 Å². The Kier molecular flexibility index (Phi) is 4.84. The van der Waals surface area contributed by atoms with Crippen LogP contribution in [0.15, 0.2) is 17.0 Å². The lowest BCUT2D eigenvalue weighted by Gasteiger charge is -2.09. The van der Waals surface area contributed by atoms with E-state index in [4.69, 9.17) is 10.00 Å². The maximum Gasteiger partial charge on any atom is 0.338 e. The average molecular weight is 300 g/mol. The molecule has 1 aromatic carbocycles. The lowest BCUT2D eigenvalue weighted by atomic mass is 10.0. The number of carbonyl (C=O) groups is 1. The van der Waals surface area contributed by atoms with Crippen LogP contribution in [0.1, 0.15) is 28.4 Å². The van der Waals surface area contributed by atoms with E-state index in [9.17, 15) is 4.79 Å². The van der Waals surface area contributed by atoms with Crippen molar-refractivity contribution >= 4 is 34.5 Å². The Morgan fingerprint density at radius 1 is 1.62 bits per heavy atom. The first-order valence-corrected chi connectivity index (χ1v) is 6.20. The minimum Gasteiger partial charge on any atom is -0.462 e. The van der Waals surface area contributed by atoms with Crippen molar-refractivity contribution in [2.75, 3.05) is 6.61 Å². The van der Waals surface area contributed by atoms with Gasteiger partial charge < -0.3 is 4.74 Å². The SMILES string of the molecule is CCOC(=O)c1cc(S)cc(C#N)c1CBr. The smallest absolute Gasteiger partial charge is 0.338 e. The molecule has 0 N–H and O–H groups in total. The molecule has 0 atom stereocenters. The number of hydrogen-bond acceptors (Lipinski definition) is 4. The Labute approximate surface area is 108 Å². The zero-order chi connectivity index (χ0) is 12.1. The number of nitrogens with zero attached hydrogens (tertiary/aromatic N) is 1. The van der Waals surface area contributed by atoms with Crippen molar-refractivity contribution < 1.29 is 9.53 Å². The van der Waals surface area contributed by atoms with Crippen LogP contribution in [0.4, 0.5) is 0 Å². The van der Waals surface area contributed by atoms with Gasteiger partial charge in [-0.1, -0.05) is 15.9 Å². The second-order valence-corrected chi connectivity index (χ2v) is 4.06. The Morgan fingerprint density at radius 3 is 2.81 bits per heavy atom. The zero-order valence-corrected chi connectivity index (χ0v) is 11.1. The second kappa shape index (κ2) is 5.92. The maximum absolute atomic E-state index is 11.7. The summed E-state index contributed by atoms with van der Waals surface area (Å²) >= 11 is 7.41. The van der Waals surface area contributed by atoms with Gasteiger partial charge in [0.05, 0.1) is 23.8 Å². The van der Waals surface area contributed by atoms with Gasteiger partial charge in [0.15, 0.2) is 0 Å². The summed E-state index contributed by atoms with van der Waals surface area (Å²) < 4.78 is 4.92. The van der Waals surface area contributed by atoms with Gasteiger partial charge in [0.25, 0.3) is 0 Å². The molecule has 3 nitrogen and oxygen atoms in total. The summed E-state index contributed by atoms with van der Waals surface area (Å²) in [4.78, 5) is 12.2. The van der Waals surface area contributed by atoms with Crippen LogP contribution in [0.25, 0.3) is 0 Å². The molecule has 0 saturated heterocycles. The fourth-order valence-electron chi connectivity index (χ4n) is 1.29. The molecular weight excluding hydrogens is 290 g/mol. The van der Waals surface area contributed by atoms with E-state index in [2.05, 4.69) is 28.6 Å². The highest BCUT2D eigenvalue weighted by Gasteiger charge is 2.16. The van der Waals surface area contributed by atoms with E-state index < -0.39 is 5.97 Å².